The van der Waals surface area contributed by atoms with Crippen LogP contribution in [0.1, 0.15) is 20.8 Å². The minimum atomic E-state index is -0.343. The van der Waals surface area contributed by atoms with Crippen molar-refractivity contribution in [2.45, 2.75) is 26.4 Å². The molecule has 0 saturated heterocycles. The van der Waals surface area contributed by atoms with Crippen LogP contribution in [0.15, 0.2) is 12.1 Å². The van der Waals surface area contributed by atoms with E-state index in [1.807, 2.05) is 20.8 Å². The van der Waals surface area contributed by atoms with Gasteiger partial charge in [0.25, 0.3) is 0 Å². The van der Waals surface area contributed by atoms with Crippen molar-refractivity contribution in [1.82, 2.24) is 4.98 Å². The Balaban J connectivity index is 2.53. The minimum Gasteiger partial charge on any atom is -0.470 e. The maximum Gasteiger partial charge on any atom is 0.239 e. The van der Waals surface area contributed by atoms with Gasteiger partial charge in [-0.2, -0.15) is 4.98 Å². The fourth-order valence-corrected chi connectivity index (χ4v) is 1.34. The van der Waals surface area contributed by atoms with Crippen LogP contribution in [0.25, 0.3) is 0 Å². The van der Waals surface area contributed by atoms with Crippen molar-refractivity contribution in [3.05, 3.63) is 12.1 Å². The molecule has 0 saturated carbocycles. The smallest absolute Gasteiger partial charge is 0.239 e. The summed E-state index contributed by atoms with van der Waals surface area (Å²) in [5, 5.41) is 11.7. The summed E-state index contributed by atoms with van der Waals surface area (Å²) >= 11 is 0. The van der Waals surface area contributed by atoms with E-state index in [9.17, 15) is 0 Å². The first-order valence-electron chi connectivity index (χ1n) is 6.30. The van der Waals surface area contributed by atoms with Crippen LogP contribution in [0.2, 0.25) is 0 Å². The third kappa shape index (κ3) is 6.26. The zero-order valence-corrected chi connectivity index (χ0v) is 11.8. The second-order valence-electron chi connectivity index (χ2n) is 5.07. The average Bonchev–Trinajstić information content (AvgIpc) is 2.31. The Kier molecular flexibility index (Phi) is 5.85. The van der Waals surface area contributed by atoms with Crippen molar-refractivity contribution in [3.63, 3.8) is 0 Å². The molecule has 0 unspecified atom stereocenters. The first-order chi connectivity index (χ1) is 8.92. The Labute approximate surface area is 113 Å². The van der Waals surface area contributed by atoms with Crippen molar-refractivity contribution < 1.29 is 14.6 Å². The Morgan fingerprint density at radius 2 is 2.05 bits per heavy atom. The fraction of sp³-hybridized carbons (Fsp3) is 0.615. The van der Waals surface area contributed by atoms with Crippen molar-refractivity contribution in [1.29, 1.82) is 0 Å². The van der Waals surface area contributed by atoms with E-state index < -0.39 is 0 Å². The molecule has 0 radical (unpaired) electrons. The zero-order chi connectivity index (χ0) is 14.3. The first-order valence-corrected chi connectivity index (χ1v) is 6.30. The van der Waals surface area contributed by atoms with Crippen LogP contribution < -0.4 is 15.8 Å². The van der Waals surface area contributed by atoms with E-state index in [0.717, 1.165) is 0 Å². The number of hydrogen-bond acceptors (Lipinski definition) is 6. The summed E-state index contributed by atoms with van der Waals surface area (Å²) in [4.78, 5) is 4.31. The molecule has 0 bridgehead atoms. The molecule has 6 nitrogen and oxygen atoms in total. The molecular formula is C13H23N3O3. The van der Waals surface area contributed by atoms with Gasteiger partial charge in [0, 0.05) is 6.54 Å². The molecule has 1 aromatic heterocycles. The second kappa shape index (κ2) is 7.16. The number of anilines is 2. The van der Waals surface area contributed by atoms with Crippen LogP contribution >= 0.6 is 0 Å². The summed E-state index contributed by atoms with van der Waals surface area (Å²) in [6, 6.07) is 3.54. The molecule has 0 fully saturated rings. The van der Waals surface area contributed by atoms with Crippen LogP contribution in [0, 0.1) is 0 Å². The number of aliphatic hydroxyl groups is 1. The molecule has 19 heavy (non-hydrogen) atoms. The van der Waals surface area contributed by atoms with Gasteiger partial charge in [0.1, 0.15) is 11.4 Å². The lowest BCUT2D eigenvalue weighted by Gasteiger charge is -2.21. The van der Waals surface area contributed by atoms with E-state index in [4.69, 9.17) is 20.3 Å². The van der Waals surface area contributed by atoms with Gasteiger partial charge in [-0.15, -0.1) is 0 Å². The molecule has 6 heteroatoms. The quantitative estimate of drug-likeness (QED) is 0.646. The van der Waals surface area contributed by atoms with Crippen LogP contribution in [-0.2, 0) is 4.74 Å². The highest BCUT2D eigenvalue weighted by atomic mass is 16.5. The number of nitrogens with two attached hydrogens (primary N) is 1. The molecule has 108 valence electrons. The second-order valence-corrected chi connectivity index (χ2v) is 5.07. The molecule has 1 rings (SSSR count). The minimum absolute atomic E-state index is 0.0314. The average molecular weight is 269 g/mol. The molecule has 1 heterocycles. The summed E-state index contributed by atoms with van der Waals surface area (Å²) in [6.45, 7) is 7.30. The Morgan fingerprint density at radius 1 is 1.32 bits per heavy atom. The topological polar surface area (TPSA) is 89.6 Å². The maximum absolute atomic E-state index is 8.57. The van der Waals surface area contributed by atoms with Gasteiger partial charge >= 0.3 is 0 Å². The predicted octanol–water partition coefficient (Wildman–Crippen LogP) is 1.26. The molecule has 0 aliphatic heterocycles. The maximum atomic E-state index is 8.57. The van der Waals surface area contributed by atoms with E-state index in [1.165, 1.54) is 0 Å². The largest absolute Gasteiger partial charge is 0.470 e. The standard InChI is InChI=1S/C13H23N3O3/c1-13(2,3)19-12-10(14)4-5-11(16-12)15-6-8-18-9-7-17/h4-5,17H,6-9,14H2,1-3H3,(H,15,16). The SMILES string of the molecule is CC(C)(C)Oc1nc(NCCOCCO)ccc1N. The van der Waals surface area contributed by atoms with Gasteiger partial charge in [0.15, 0.2) is 0 Å². The number of aliphatic hydroxyl groups excluding tert-OH is 1. The Hall–Kier alpha value is -1.53. The lowest BCUT2D eigenvalue weighted by Crippen LogP contribution is -2.24. The highest BCUT2D eigenvalue weighted by molar-refractivity contribution is 5.53. The number of ether oxygens (including phenoxy) is 2. The lowest BCUT2D eigenvalue weighted by atomic mass is 10.2. The normalized spacial score (nSPS) is 11.4. The third-order valence-electron chi connectivity index (χ3n) is 2.08. The lowest BCUT2D eigenvalue weighted by molar-refractivity contribution is 0.0991. The van der Waals surface area contributed by atoms with E-state index in [2.05, 4.69) is 10.3 Å². The van der Waals surface area contributed by atoms with Crippen LogP contribution in [0.5, 0.6) is 5.88 Å². The van der Waals surface area contributed by atoms with Crippen molar-refractivity contribution in [2.24, 2.45) is 0 Å². The monoisotopic (exact) mass is 269 g/mol. The van der Waals surface area contributed by atoms with Gasteiger partial charge in [-0.25, -0.2) is 0 Å². The number of aromatic nitrogens is 1. The van der Waals surface area contributed by atoms with Crippen molar-refractivity contribution in [2.75, 3.05) is 37.4 Å². The molecule has 0 atom stereocenters. The van der Waals surface area contributed by atoms with Gasteiger partial charge in [0.05, 0.1) is 25.5 Å². The highest BCUT2D eigenvalue weighted by Gasteiger charge is 2.15. The van der Waals surface area contributed by atoms with Gasteiger partial charge in [0.2, 0.25) is 5.88 Å². The Morgan fingerprint density at radius 3 is 2.68 bits per heavy atom. The summed E-state index contributed by atoms with van der Waals surface area (Å²) in [5.41, 5.74) is 5.99. The molecule has 0 aliphatic rings. The van der Waals surface area contributed by atoms with Crippen LogP contribution in [0.3, 0.4) is 0 Å². The molecule has 0 aromatic carbocycles. The van der Waals surface area contributed by atoms with Crippen molar-refractivity contribution in [3.8, 4) is 5.88 Å². The molecule has 4 N–H and O–H groups in total. The molecule has 0 amide bonds. The molecule has 0 spiro atoms. The van der Waals surface area contributed by atoms with Crippen LogP contribution in [0.4, 0.5) is 11.5 Å². The zero-order valence-electron chi connectivity index (χ0n) is 11.8. The van der Waals surface area contributed by atoms with Gasteiger partial charge in [-0.05, 0) is 32.9 Å². The third-order valence-corrected chi connectivity index (χ3v) is 2.08. The fourth-order valence-electron chi connectivity index (χ4n) is 1.34. The number of nitrogens with one attached hydrogen (secondary N) is 1. The van der Waals surface area contributed by atoms with E-state index in [0.29, 0.717) is 37.1 Å². The number of rotatable bonds is 7. The van der Waals surface area contributed by atoms with Gasteiger partial charge < -0.3 is 25.6 Å². The predicted molar refractivity (Wildman–Crippen MR) is 75.4 cm³/mol. The summed E-state index contributed by atoms with van der Waals surface area (Å²) in [6.07, 6.45) is 0. The number of pyridine rings is 1. The van der Waals surface area contributed by atoms with E-state index >= 15 is 0 Å². The highest BCUT2D eigenvalue weighted by Crippen LogP contribution is 2.24. The Bertz CT molecular complexity index is 391. The number of hydrogen-bond donors (Lipinski definition) is 3. The van der Waals surface area contributed by atoms with Gasteiger partial charge in [-0.1, -0.05) is 0 Å². The van der Waals surface area contributed by atoms with E-state index in [-0.39, 0.29) is 12.2 Å². The summed E-state index contributed by atoms with van der Waals surface area (Å²) in [7, 11) is 0. The summed E-state index contributed by atoms with van der Waals surface area (Å²) in [5.74, 6) is 1.11. The number of nitrogen functional groups attached to an aromatic ring is 1. The molecule has 0 aliphatic carbocycles. The molecule has 1 aromatic rings. The molecular weight excluding hydrogens is 246 g/mol. The van der Waals surface area contributed by atoms with Crippen LogP contribution in [-0.4, -0.2) is 42.1 Å². The summed E-state index contributed by atoms with van der Waals surface area (Å²) < 4.78 is 10.8. The number of nitrogens with zero attached hydrogens (tertiary/aromatic N) is 1. The first kappa shape index (κ1) is 15.5. The van der Waals surface area contributed by atoms with Gasteiger partial charge in [-0.3, -0.25) is 0 Å². The van der Waals surface area contributed by atoms with E-state index in [1.54, 1.807) is 12.1 Å². The van der Waals surface area contributed by atoms with Crippen molar-refractivity contribution >= 4 is 11.5 Å².